The first-order valence-corrected chi connectivity index (χ1v) is 8.09. The molecule has 6 nitrogen and oxygen atoms in total. The highest BCUT2D eigenvalue weighted by molar-refractivity contribution is 6.31. The molecule has 0 spiro atoms. The molecule has 0 bridgehead atoms. The van der Waals surface area contributed by atoms with Crippen LogP contribution >= 0.6 is 11.6 Å². The summed E-state index contributed by atoms with van der Waals surface area (Å²) in [7, 11) is 1.21. The molecule has 1 atom stereocenters. The number of methoxy groups -OCH3 is 1. The number of para-hydroxylation sites is 2. The molecule has 0 aliphatic carbocycles. The van der Waals surface area contributed by atoms with Crippen molar-refractivity contribution < 1.29 is 14.3 Å². The maximum Gasteiger partial charge on any atom is 0.329 e. The molecule has 0 N–H and O–H groups in total. The molecule has 0 saturated carbocycles. The summed E-state index contributed by atoms with van der Waals surface area (Å²) in [5.74, 6) is -1.43. The molecule has 0 unspecified atom stereocenters. The molecule has 3 rings (SSSR count). The minimum Gasteiger partial charge on any atom is -0.468 e. The van der Waals surface area contributed by atoms with Crippen molar-refractivity contribution in [2.24, 2.45) is 0 Å². The summed E-state index contributed by atoms with van der Waals surface area (Å²) in [4.78, 5) is 20.8. The van der Waals surface area contributed by atoms with Crippen molar-refractivity contribution >= 4 is 28.6 Å². The van der Waals surface area contributed by atoms with Crippen LogP contribution in [0.25, 0.3) is 11.0 Å². The standard InChI is InChI=1S/C19H14ClN3O3/c1-11-9-12(7-8-14(11)20)26-18-17(13(10-21)19(24)25-2)22-15-5-3-4-6-16(15)23-18/h3-9,13H,1-2H3/t13-/m1/s1. The molecule has 3 aromatic rings. The normalized spacial score (nSPS) is 11.6. The van der Waals surface area contributed by atoms with E-state index in [2.05, 4.69) is 9.97 Å². The second kappa shape index (κ2) is 7.38. The summed E-state index contributed by atoms with van der Waals surface area (Å²) in [5.41, 5.74) is 2.06. The molecule has 130 valence electrons. The molecule has 7 heteroatoms. The van der Waals surface area contributed by atoms with E-state index in [1.165, 1.54) is 7.11 Å². The molecule has 0 aliphatic rings. The molecule has 1 aromatic heterocycles. The zero-order valence-corrected chi connectivity index (χ0v) is 14.8. The van der Waals surface area contributed by atoms with Gasteiger partial charge < -0.3 is 9.47 Å². The number of ether oxygens (including phenoxy) is 2. The summed E-state index contributed by atoms with van der Waals surface area (Å²) < 4.78 is 10.5. The second-order valence-electron chi connectivity index (χ2n) is 5.50. The van der Waals surface area contributed by atoms with E-state index < -0.39 is 11.9 Å². The molecular formula is C19H14ClN3O3. The van der Waals surface area contributed by atoms with Gasteiger partial charge in [0.1, 0.15) is 11.4 Å². The van der Waals surface area contributed by atoms with Gasteiger partial charge in [0.2, 0.25) is 5.88 Å². The lowest BCUT2D eigenvalue weighted by Crippen LogP contribution is -2.15. The maximum absolute atomic E-state index is 12.0. The Labute approximate surface area is 155 Å². The largest absolute Gasteiger partial charge is 0.468 e. The quantitative estimate of drug-likeness (QED) is 0.643. The van der Waals surface area contributed by atoms with Crippen molar-refractivity contribution in [2.75, 3.05) is 7.11 Å². The van der Waals surface area contributed by atoms with Gasteiger partial charge in [-0.15, -0.1) is 0 Å². The minimum absolute atomic E-state index is 0.0716. The van der Waals surface area contributed by atoms with Crippen LogP contribution in [0, 0.1) is 18.3 Å². The van der Waals surface area contributed by atoms with Gasteiger partial charge in [-0.25, -0.2) is 9.97 Å². The zero-order chi connectivity index (χ0) is 18.7. The van der Waals surface area contributed by atoms with E-state index in [4.69, 9.17) is 21.1 Å². The van der Waals surface area contributed by atoms with Crippen LogP contribution in [0.2, 0.25) is 5.02 Å². The van der Waals surface area contributed by atoms with Crippen molar-refractivity contribution in [2.45, 2.75) is 12.8 Å². The number of nitrogens with zero attached hydrogens (tertiary/aromatic N) is 3. The van der Waals surface area contributed by atoms with Crippen molar-refractivity contribution in [3.63, 3.8) is 0 Å². The monoisotopic (exact) mass is 367 g/mol. The number of carbonyl (C=O) groups excluding carboxylic acids is 1. The molecule has 1 heterocycles. The Morgan fingerprint density at radius 3 is 2.50 bits per heavy atom. The predicted molar refractivity (Wildman–Crippen MR) is 96.2 cm³/mol. The number of aromatic nitrogens is 2. The fourth-order valence-electron chi connectivity index (χ4n) is 2.40. The van der Waals surface area contributed by atoms with Crippen LogP contribution in [-0.2, 0) is 9.53 Å². The molecule has 0 fully saturated rings. The molecule has 0 aliphatic heterocycles. The number of halogens is 1. The van der Waals surface area contributed by atoms with Crippen LogP contribution in [0.3, 0.4) is 0 Å². The van der Waals surface area contributed by atoms with Crippen molar-refractivity contribution in [1.29, 1.82) is 5.26 Å². The van der Waals surface area contributed by atoms with Crippen LogP contribution in [0.15, 0.2) is 42.5 Å². The molecule has 2 aromatic carbocycles. The Hall–Kier alpha value is -3.17. The van der Waals surface area contributed by atoms with Crippen LogP contribution in [-0.4, -0.2) is 23.0 Å². The molecule has 0 amide bonds. The Balaban J connectivity index is 2.14. The number of esters is 1. The first kappa shape index (κ1) is 17.6. The fraction of sp³-hybridized carbons (Fsp3) is 0.158. The number of benzene rings is 2. The highest BCUT2D eigenvalue weighted by Crippen LogP contribution is 2.31. The Bertz CT molecular complexity index is 1030. The van der Waals surface area contributed by atoms with Gasteiger partial charge in [-0.2, -0.15) is 5.26 Å². The third kappa shape index (κ3) is 3.44. The number of rotatable bonds is 4. The first-order valence-electron chi connectivity index (χ1n) is 7.71. The minimum atomic E-state index is -1.25. The maximum atomic E-state index is 12.0. The van der Waals surface area contributed by atoms with Crippen molar-refractivity contribution in [3.05, 3.63) is 58.7 Å². The van der Waals surface area contributed by atoms with Gasteiger partial charge in [-0.05, 0) is 42.8 Å². The summed E-state index contributed by atoms with van der Waals surface area (Å²) in [6, 6.07) is 14.1. The number of aryl methyl sites for hydroxylation is 1. The summed E-state index contributed by atoms with van der Waals surface area (Å²) in [6.45, 7) is 1.84. The van der Waals surface area contributed by atoms with E-state index in [9.17, 15) is 10.1 Å². The van der Waals surface area contributed by atoms with Crippen LogP contribution in [0.5, 0.6) is 11.6 Å². The molecule has 0 saturated heterocycles. The highest BCUT2D eigenvalue weighted by Gasteiger charge is 2.28. The van der Waals surface area contributed by atoms with E-state index in [1.54, 1.807) is 36.4 Å². The van der Waals surface area contributed by atoms with E-state index in [0.29, 0.717) is 21.8 Å². The van der Waals surface area contributed by atoms with Crippen molar-refractivity contribution in [3.8, 4) is 17.7 Å². The van der Waals surface area contributed by atoms with Gasteiger partial charge in [0, 0.05) is 5.02 Å². The summed E-state index contributed by atoms with van der Waals surface area (Å²) >= 11 is 6.04. The van der Waals surface area contributed by atoms with Gasteiger partial charge in [0.25, 0.3) is 0 Å². The number of hydrogen-bond donors (Lipinski definition) is 0. The van der Waals surface area contributed by atoms with Crippen LogP contribution < -0.4 is 4.74 Å². The Kier molecular flexibility index (Phi) is 5.01. The van der Waals surface area contributed by atoms with E-state index in [1.807, 2.05) is 19.1 Å². The number of carbonyl (C=O) groups is 1. The average Bonchev–Trinajstić information content (AvgIpc) is 2.65. The summed E-state index contributed by atoms with van der Waals surface area (Å²) in [5, 5.41) is 10.0. The van der Waals surface area contributed by atoms with Gasteiger partial charge in [0.15, 0.2) is 5.92 Å². The van der Waals surface area contributed by atoms with Crippen LogP contribution in [0.4, 0.5) is 0 Å². The van der Waals surface area contributed by atoms with Gasteiger partial charge in [-0.3, -0.25) is 4.79 Å². The average molecular weight is 368 g/mol. The Morgan fingerprint density at radius 1 is 1.19 bits per heavy atom. The lowest BCUT2D eigenvalue weighted by molar-refractivity contribution is -0.141. The first-order chi connectivity index (χ1) is 12.5. The van der Waals surface area contributed by atoms with E-state index in [0.717, 1.165) is 5.56 Å². The highest BCUT2D eigenvalue weighted by atomic mass is 35.5. The number of nitriles is 1. The van der Waals surface area contributed by atoms with Crippen LogP contribution in [0.1, 0.15) is 17.2 Å². The molecule has 0 radical (unpaired) electrons. The van der Waals surface area contributed by atoms with E-state index in [-0.39, 0.29) is 11.6 Å². The van der Waals surface area contributed by atoms with Gasteiger partial charge >= 0.3 is 5.97 Å². The molecule has 26 heavy (non-hydrogen) atoms. The lowest BCUT2D eigenvalue weighted by Gasteiger charge is -2.13. The topological polar surface area (TPSA) is 85.1 Å². The van der Waals surface area contributed by atoms with Gasteiger partial charge in [-0.1, -0.05) is 23.7 Å². The van der Waals surface area contributed by atoms with E-state index >= 15 is 0 Å². The smallest absolute Gasteiger partial charge is 0.329 e. The SMILES string of the molecule is COC(=O)[C@H](C#N)c1nc2ccccc2nc1Oc1ccc(Cl)c(C)c1. The van der Waals surface area contributed by atoms with Gasteiger partial charge in [0.05, 0.1) is 24.2 Å². The predicted octanol–water partition coefficient (Wildman–Crippen LogP) is 4.16. The number of hydrogen-bond acceptors (Lipinski definition) is 6. The van der Waals surface area contributed by atoms with Crippen molar-refractivity contribution in [1.82, 2.24) is 9.97 Å². The summed E-state index contributed by atoms with van der Waals surface area (Å²) in [6.07, 6.45) is 0. The third-order valence-electron chi connectivity index (χ3n) is 3.75. The third-order valence-corrected chi connectivity index (χ3v) is 4.17. The second-order valence-corrected chi connectivity index (χ2v) is 5.91. The Morgan fingerprint density at radius 2 is 1.88 bits per heavy atom. The molecular weight excluding hydrogens is 354 g/mol. The lowest BCUT2D eigenvalue weighted by atomic mass is 10.1. The fourth-order valence-corrected chi connectivity index (χ4v) is 2.51. The number of fused-ring (bicyclic) bond motifs is 1. The zero-order valence-electron chi connectivity index (χ0n) is 14.1.